The molecule has 6 atom stereocenters. The Balaban J connectivity index is 1.18. The number of phenols is 1. The Morgan fingerprint density at radius 3 is 2.12 bits per heavy atom. The van der Waals surface area contributed by atoms with E-state index >= 15 is 8.78 Å². The number of phenolic OH excluding ortho intramolecular Hbond substituents is 1. The Bertz CT molecular complexity index is 2690. The first kappa shape index (κ1) is 38.5. The van der Waals surface area contributed by atoms with Crippen LogP contribution in [-0.2, 0) is 19.2 Å². The SMILES string of the molecule is COc1cc(O)c(C2C3=CCC4C(=O)N(c5ccc(-c6nc7ccccc7o6)cc5)C(=O)C4C3CC3(Cl)C(=O)N(c4c(F)c(F)c(F)c(F)c4F)C(=O)C23Cl)c(OC)c1. The highest BCUT2D eigenvalue weighted by Gasteiger charge is 2.77. The predicted octanol–water partition coefficient (Wildman–Crippen LogP) is 7.68. The van der Waals surface area contributed by atoms with Crippen molar-refractivity contribution in [3.63, 3.8) is 0 Å². The minimum Gasteiger partial charge on any atom is -0.507 e. The average molecular weight is 855 g/mol. The fourth-order valence-electron chi connectivity index (χ4n) is 9.05. The normalized spacial score (nSPS) is 26.3. The van der Waals surface area contributed by atoms with E-state index in [1.807, 2.05) is 0 Å². The Labute approximate surface area is 339 Å². The number of oxazole rings is 1. The monoisotopic (exact) mass is 853 g/mol. The van der Waals surface area contributed by atoms with Crippen LogP contribution < -0.4 is 19.3 Å². The molecule has 59 heavy (non-hydrogen) atoms. The number of aromatic hydroxyl groups is 1. The van der Waals surface area contributed by atoms with Crippen LogP contribution in [-0.4, -0.2) is 57.7 Å². The maximum Gasteiger partial charge on any atom is 0.258 e. The zero-order valence-electron chi connectivity index (χ0n) is 30.4. The van der Waals surface area contributed by atoms with Gasteiger partial charge in [-0.25, -0.2) is 31.8 Å². The van der Waals surface area contributed by atoms with Crippen molar-refractivity contribution in [1.82, 2.24) is 4.98 Å². The van der Waals surface area contributed by atoms with Crippen LogP contribution in [0.25, 0.3) is 22.6 Å². The van der Waals surface area contributed by atoms with E-state index in [0.717, 1.165) is 11.0 Å². The lowest BCUT2D eigenvalue weighted by Gasteiger charge is -2.50. The van der Waals surface area contributed by atoms with Crippen molar-refractivity contribution in [2.24, 2.45) is 17.8 Å². The lowest BCUT2D eigenvalue weighted by atomic mass is 9.56. The van der Waals surface area contributed by atoms with E-state index in [1.54, 1.807) is 36.4 Å². The molecule has 3 heterocycles. The van der Waals surface area contributed by atoms with E-state index in [-0.39, 0.29) is 45.5 Å². The fraction of sp³-hybridized carbons (Fsp3) is 0.244. The van der Waals surface area contributed by atoms with E-state index in [2.05, 4.69) is 4.98 Å². The van der Waals surface area contributed by atoms with E-state index < -0.39 is 104 Å². The number of aromatic nitrogens is 1. The number of hydrogen-bond acceptors (Lipinski definition) is 9. The summed E-state index contributed by atoms with van der Waals surface area (Å²) in [5, 5.41) is 11.5. The first-order valence-electron chi connectivity index (χ1n) is 17.9. The standard InChI is InChI=1S/C41H26Cl2F5N3O8/c1-57-18-13-23(52)27(25(14-18)58-2)28-19-11-12-20-26(37(54)50(36(20)53)17-9-7-16(8-10-17)35-49-22-5-3-4-6-24(22)59-35)21(19)15-40(42)38(55)51(39(56)41(28,40)43)34-32(47)30(45)29(44)31(46)33(34)48/h3-11,13-14,20-21,26,28,52H,12,15H2,1-2H3. The molecule has 0 radical (unpaired) electrons. The number of halogens is 7. The number of imide groups is 2. The van der Waals surface area contributed by atoms with Gasteiger partial charge in [0.2, 0.25) is 23.5 Å². The van der Waals surface area contributed by atoms with Gasteiger partial charge < -0.3 is 19.0 Å². The number of alkyl halides is 2. The molecular weight excluding hydrogens is 828 g/mol. The molecule has 18 heteroatoms. The highest BCUT2D eigenvalue weighted by atomic mass is 35.5. The number of rotatable bonds is 6. The van der Waals surface area contributed by atoms with Gasteiger partial charge in [0.1, 0.15) is 28.5 Å². The molecule has 5 aromatic rings. The smallest absolute Gasteiger partial charge is 0.258 e. The summed E-state index contributed by atoms with van der Waals surface area (Å²) in [7, 11) is 2.47. The Kier molecular flexibility index (Phi) is 8.66. The molecule has 0 spiro atoms. The van der Waals surface area contributed by atoms with Crippen LogP contribution in [0.1, 0.15) is 24.3 Å². The molecule has 302 valence electrons. The van der Waals surface area contributed by atoms with Gasteiger partial charge in [0, 0.05) is 29.2 Å². The van der Waals surface area contributed by atoms with Crippen molar-refractivity contribution in [2.45, 2.75) is 28.5 Å². The fourth-order valence-corrected chi connectivity index (χ4v) is 9.97. The molecule has 2 aliphatic heterocycles. The lowest BCUT2D eigenvalue weighted by molar-refractivity contribution is -0.125. The molecule has 3 fully saturated rings. The van der Waals surface area contributed by atoms with Crippen LogP contribution in [0.2, 0.25) is 0 Å². The van der Waals surface area contributed by atoms with Gasteiger partial charge in [-0.1, -0.05) is 23.8 Å². The summed E-state index contributed by atoms with van der Waals surface area (Å²) in [6.45, 7) is 0. The molecule has 4 amide bonds. The molecule has 1 N–H and O–H groups in total. The Morgan fingerprint density at radius 1 is 0.814 bits per heavy atom. The Morgan fingerprint density at radius 2 is 1.47 bits per heavy atom. The van der Waals surface area contributed by atoms with Crippen LogP contribution >= 0.6 is 23.2 Å². The van der Waals surface area contributed by atoms with Gasteiger partial charge in [-0.3, -0.25) is 24.1 Å². The third kappa shape index (κ3) is 5.08. The van der Waals surface area contributed by atoms with Gasteiger partial charge in [-0.2, -0.15) is 0 Å². The number of fused-ring (bicyclic) bond motifs is 5. The van der Waals surface area contributed by atoms with E-state index in [0.29, 0.717) is 16.7 Å². The van der Waals surface area contributed by atoms with E-state index in [9.17, 15) is 37.5 Å². The van der Waals surface area contributed by atoms with Gasteiger partial charge in [-0.05, 0) is 55.2 Å². The topological polar surface area (TPSA) is 139 Å². The zero-order chi connectivity index (χ0) is 42.0. The molecule has 2 saturated heterocycles. The molecule has 1 saturated carbocycles. The molecule has 4 aromatic carbocycles. The molecule has 0 bridgehead atoms. The van der Waals surface area contributed by atoms with Gasteiger partial charge >= 0.3 is 0 Å². The van der Waals surface area contributed by atoms with Crippen molar-refractivity contribution in [3.05, 3.63) is 107 Å². The van der Waals surface area contributed by atoms with Crippen molar-refractivity contribution in [1.29, 1.82) is 0 Å². The van der Waals surface area contributed by atoms with Gasteiger partial charge in [-0.15, -0.1) is 23.2 Å². The van der Waals surface area contributed by atoms with Crippen LogP contribution in [0.3, 0.4) is 0 Å². The largest absolute Gasteiger partial charge is 0.507 e. The number of amides is 4. The second-order valence-corrected chi connectivity index (χ2v) is 15.7. The maximum atomic E-state index is 15.4. The number of carbonyl (C=O) groups excluding carboxylic acids is 4. The summed E-state index contributed by atoms with van der Waals surface area (Å²) in [6, 6.07) is 15.8. The van der Waals surface area contributed by atoms with Gasteiger partial charge in [0.05, 0.1) is 31.7 Å². The van der Waals surface area contributed by atoms with Gasteiger partial charge in [0.25, 0.3) is 11.8 Å². The zero-order valence-corrected chi connectivity index (χ0v) is 31.9. The summed E-state index contributed by atoms with van der Waals surface area (Å²) in [5.41, 5.74) is -0.215. The summed E-state index contributed by atoms with van der Waals surface area (Å²) in [5.74, 6) is -23.0. The number of hydrogen-bond donors (Lipinski definition) is 1. The number of nitrogens with zero attached hydrogens (tertiary/aromatic N) is 3. The first-order chi connectivity index (χ1) is 28.1. The quantitative estimate of drug-likeness (QED) is 0.0455. The van der Waals surface area contributed by atoms with Crippen molar-refractivity contribution in [3.8, 4) is 28.7 Å². The third-order valence-corrected chi connectivity index (χ3v) is 13.1. The number of anilines is 2. The maximum absolute atomic E-state index is 15.4. The van der Waals surface area contributed by atoms with Crippen LogP contribution in [0.15, 0.2) is 76.7 Å². The first-order valence-corrected chi connectivity index (χ1v) is 18.6. The summed E-state index contributed by atoms with van der Waals surface area (Å²) < 4.78 is 90.9. The molecule has 9 rings (SSSR count). The van der Waals surface area contributed by atoms with Crippen LogP contribution in [0, 0.1) is 46.8 Å². The number of carbonyl (C=O) groups is 4. The minimum absolute atomic E-state index is 0.0556. The molecule has 4 aliphatic rings. The highest BCUT2D eigenvalue weighted by molar-refractivity contribution is 6.58. The molecule has 1 aromatic heterocycles. The van der Waals surface area contributed by atoms with Crippen molar-refractivity contribution in [2.75, 3.05) is 24.0 Å². The second-order valence-electron chi connectivity index (χ2n) is 14.5. The second kappa shape index (κ2) is 13.3. The number of benzene rings is 4. The molecule has 11 nitrogen and oxygen atoms in total. The predicted molar refractivity (Wildman–Crippen MR) is 200 cm³/mol. The van der Waals surface area contributed by atoms with Crippen molar-refractivity contribution < 1.29 is 60.1 Å². The third-order valence-electron chi connectivity index (χ3n) is 11.7. The average Bonchev–Trinajstić information content (AvgIpc) is 3.82. The summed E-state index contributed by atoms with van der Waals surface area (Å²) in [4.78, 5) is 57.4. The molecule has 6 unspecified atom stereocenters. The van der Waals surface area contributed by atoms with Crippen LogP contribution in [0.4, 0.5) is 33.3 Å². The van der Waals surface area contributed by atoms with Gasteiger partial charge in [0.15, 0.2) is 38.6 Å². The molecular formula is C41H26Cl2F5N3O8. The Hall–Kier alpha value is -6.00. The number of methoxy groups -OCH3 is 2. The summed E-state index contributed by atoms with van der Waals surface area (Å²) in [6.07, 6.45) is 0.644. The van der Waals surface area contributed by atoms with Crippen LogP contribution in [0.5, 0.6) is 17.2 Å². The van der Waals surface area contributed by atoms with Crippen molar-refractivity contribution >= 4 is 69.3 Å². The molecule has 2 aliphatic carbocycles. The summed E-state index contributed by atoms with van der Waals surface area (Å²) >= 11 is 14.4. The number of para-hydroxylation sites is 2. The van der Waals surface area contributed by atoms with E-state index in [1.165, 1.54) is 38.5 Å². The number of allylic oxidation sites excluding steroid dienone is 2. The van der Waals surface area contributed by atoms with E-state index in [4.69, 9.17) is 37.1 Å². The highest BCUT2D eigenvalue weighted by Crippen LogP contribution is 2.68. The minimum atomic E-state index is -2.88. The lowest BCUT2D eigenvalue weighted by Crippen LogP contribution is -2.60. The number of ether oxygens (including phenoxy) is 2.